The van der Waals surface area contributed by atoms with Gasteiger partial charge >= 0.3 is 5.97 Å². The van der Waals surface area contributed by atoms with Crippen molar-refractivity contribution in [3.05, 3.63) is 53.6 Å². The molecular weight excluding hydrogens is 314 g/mol. The van der Waals surface area contributed by atoms with Crippen LogP contribution < -0.4 is 10.1 Å². The molecule has 0 saturated heterocycles. The van der Waals surface area contributed by atoms with Crippen molar-refractivity contribution in [1.82, 2.24) is 5.32 Å². The van der Waals surface area contributed by atoms with Gasteiger partial charge in [-0.15, -0.1) is 0 Å². The highest BCUT2D eigenvalue weighted by Gasteiger charge is 2.26. The number of carboxylic acid groups (broad SMARTS) is 1. The maximum absolute atomic E-state index is 11.2. The number of hydrogen-bond donors (Lipinski definition) is 2. The molecule has 0 fully saturated rings. The summed E-state index contributed by atoms with van der Waals surface area (Å²) in [5, 5.41) is 12.5. The third-order valence-corrected chi connectivity index (χ3v) is 4.56. The van der Waals surface area contributed by atoms with Crippen LogP contribution in [0.2, 0.25) is 0 Å². The molecule has 0 saturated carbocycles. The average molecular weight is 341 g/mol. The molecule has 0 aliphatic rings. The number of ether oxygens (including phenoxy) is 1. The molecule has 0 amide bonds. The van der Waals surface area contributed by atoms with Crippen molar-refractivity contribution < 1.29 is 14.6 Å². The minimum atomic E-state index is -0.770. The molecule has 25 heavy (non-hydrogen) atoms. The summed E-state index contributed by atoms with van der Waals surface area (Å²) in [7, 11) is 1.67. The van der Waals surface area contributed by atoms with E-state index < -0.39 is 11.4 Å². The standard InChI is InChI=1S/C21H27NO3/c1-15-7-5-6-8-18(15)16-9-10-19(25-4)17(13-16)14-22-12-11-21(2,3)20(23)24/h5-10,13,22H,11-12,14H2,1-4H3,(H,23,24). The number of nitrogens with one attached hydrogen (secondary N) is 1. The zero-order valence-electron chi connectivity index (χ0n) is 15.4. The Kier molecular flexibility index (Phi) is 6.21. The number of benzene rings is 2. The van der Waals surface area contributed by atoms with Gasteiger partial charge in [0.1, 0.15) is 5.75 Å². The van der Waals surface area contributed by atoms with Crippen LogP contribution in [0.1, 0.15) is 31.4 Å². The fraction of sp³-hybridized carbons (Fsp3) is 0.381. The Morgan fingerprint density at radius 2 is 1.92 bits per heavy atom. The Morgan fingerprint density at radius 3 is 2.56 bits per heavy atom. The van der Waals surface area contributed by atoms with Gasteiger partial charge in [0.15, 0.2) is 0 Å². The normalized spacial score (nSPS) is 11.4. The van der Waals surface area contributed by atoms with Gasteiger partial charge in [-0.1, -0.05) is 30.3 Å². The molecule has 0 spiro atoms. The Labute approximate surface area is 149 Å². The minimum absolute atomic E-state index is 0.572. The van der Waals surface area contributed by atoms with Crippen LogP contribution in [-0.2, 0) is 11.3 Å². The van der Waals surface area contributed by atoms with Gasteiger partial charge in [-0.25, -0.2) is 0 Å². The van der Waals surface area contributed by atoms with E-state index in [4.69, 9.17) is 4.74 Å². The first kappa shape index (κ1) is 19.0. The van der Waals surface area contributed by atoms with E-state index in [2.05, 4.69) is 36.5 Å². The van der Waals surface area contributed by atoms with Gasteiger partial charge in [-0.05, 0) is 62.6 Å². The number of methoxy groups -OCH3 is 1. The van der Waals surface area contributed by atoms with Crippen molar-refractivity contribution in [2.75, 3.05) is 13.7 Å². The lowest BCUT2D eigenvalue weighted by atomic mass is 9.89. The van der Waals surface area contributed by atoms with E-state index in [1.165, 1.54) is 11.1 Å². The molecule has 2 rings (SSSR count). The quantitative estimate of drug-likeness (QED) is 0.704. The van der Waals surface area contributed by atoms with Crippen LogP contribution in [0.4, 0.5) is 0 Å². The van der Waals surface area contributed by atoms with Gasteiger partial charge < -0.3 is 15.2 Å². The highest BCUT2D eigenvalue weighted by Crippen LogP contribution is 2.28. The van der Waals surface area contributed by atoms with Gasteiger partial charge in [-0.2, -0.15) is 0 Å². The predicted octanol–water partition coefficient (Wildman–Crippen LogP) is 4.26. The van der Waals surface area contributed by atoms with E-state index >= 15 is 0 Å². The highest BCUT2D eigenvalue weighted by atomic mass is 16.5. The fourth-order valence-electron chi connectivity index (χ4n) is 2.71. The van der Waals surface area contributed by atoms with Crippen molar-refractivity contribution in [2.45, 2.75) is 33.7 Å². The molecule has 4 heteroatoms. The maximum atomic E-state index is 11.2. The summed E-state index contributed by atoms with van der Waals surface area (Å²) in [6.07, 6.45) is 0.572. The smallest absolute Gasteiger partial charge is 0.309 e. The molecule has 2 aromatic carbocycles. The van der Waals surface area contributed by atoms with Gasteiger partial charge in [0.05, 0.1) is 12.5 Å². The Balaban J connectivity index is 2.10. The first-order valence-corrected chi connectivity index (χ1v) is 8.52. The second-order valence-electron chi connectivity index (χ2n) is 6.96. The largest absolute Gasteiger partial charge is 0.496 e. The van der Waals surface area contributed by atoms with Crippen molar-refractivity contribution >= 4 is 5.97 Å². The summed E-state index contributed by atoms with van der Waals surface area (Å²) in [6.45, 7) is 6.87. The SMILES string of the molecule is COc1ccc(-c2ccccc2C)cc1CNCCC(C)(C)C(=O)O. The van der Waals surface area contributed by atoms with Crippen LogP contribution in [-0.4, -0.2) is 24.7 Å². The van der Waals surface area contributed by atoms with Crippen LogP contribution in [0, 0.1) is 12.3 Å². The second-order valence-corrected chi connectivity index (χ2v) is 6.96. The number of rotatable bonds is 8. The number of carbonyl (C=O) groups is 1. The highest BCUT2D eigenvalue weighted by molar-refractivity contribution is 5.73. The van der Waals surface area contributed by atoms with Crippen LogP contribution >= 0.6 is 0 Å². The molecule has 0 aliphatic heterocycles. The molecule has 0 atom stereocenters. The van der Waals surface area contributed by atoms with Gasteiger partial charge in [0, 0.05) is 12.1 Å². The van der Waals surface area contributed by atoms with E-state index in [-0.39, 0.29) is 0 Å². The molecule has 2 aromatic rings. The van der Waals surface area contributed by atoms with E-state index in [9.17, 15) is 9.90 Å². The molecule has 0 heterocycles. The van der Waals surface area contributed by atoms with E-state index in [0.29, 0.717) is 19.5 Å². The van der Waals surface area contributed by atoms with Crippen LogP contribution in [0.25, 0.3) is 11.1 Å². The van der Waals surface area contributed by atoms with Gasteiger partial charge in [0.25, 0.3) is 0 Å². The zero-order chi connectivity index (χ0) is 18.4. The van der Waals surface area contributed by atoms with Crippen LogP contribution in [0.5, 0.6) is 5.75 Å². The Hall–Kier alpha value is -2.33. The lowest BCUT2D eigenvalue weighted by Crippen LogP contribution is -2.28. The molecule has 2 N–H and O–H groups in total. The van der Waals surface area contributed by atoms with Crippen molar-refractivity contribution in [3.63, 3.8) is 0 Å². The van der Waals surface area contributed by atoms with E-state index in [0.717, 1.165) is 16.9 Å². The topological polar surface area (TPSA) is 58.6 Å². The van der Waals surface area contributed by atoms with E-state index in [1.807, 2.05) is 18.2 Å². The lowest BCUT2D eigenvalue weighted by Gasteiger charge is -2.19. The molecule has 0 aromatic heterocycles. The minimum Gasteiger partial charge on any atom is -0.496 e. The average Bonchev–Trinajstić information content (AvgIpc) is 2.59. The number of hydrogen-bond acceptors (Lipinski definition) is 3. The fourth-order valence-corrected chi connectivity index (χ4v) is 2.71. The second kappa shape index (κ2) is 8.17. The van der Waals surface area contributed by atoms with Crippen molar-refractivity contribution in [2.24, 2.45) is 5.41 Å². The first-order valence-electron chi connectivity index (χ1n) is 8.52. The van der Waals surface area contributed by atoms with Crippen molar-refractivity contribution in [1.29, 1.82) is 0 Å². The molecule has 0 unspecified atom stereocenters. The number of aliphatic carboxylic acids is 1. The summed E-state index contributed by atoms with van der Waals surface area (Å²) in [5.74, 6) is 0.0655. The number of carboxylic acids is 1. The molecule has 0 radical (unpaired) electrons. The third-order valence-electron chi connectivity index (χ3n) is 4.56. The molecule has 0 aliphatic carbocycles. The molecule has 134 valence electrons. The summed E-state index contributed by atoms with van der Waals surface area (Å²) >= 11 is 0. The maximum Gasteiger partial charge on any atom is 0.309 e. The van der Waals surface area contributed by atoms with E-state index in [1.54, 1.807) is 21.0 Å². The Bertz CT molecular complexity index is 738. The van der Waals surface area contributed by atoms with Gasteiger partial charge in [0.2, 0.25) is 0 Å². The molecular formula is C21H27NO3. The molecule has 4 nitrogen and oxygen atoms in total. The lowest BCUT2D eigenvalue weighted by molar-refractivity contribution is -0.147. The van der Waals surface area contributed by atoms with Crippen LogP contribution in [0.15, 0.2) is 42.5 Å². The third kappa shape index (κ3) is 4.83. The van der Waals surface area contributed by atoms with Crippen LogP contribution in [0.3, 0.4) is 0 Å². The molecule has 0 bridgehead atoms. The Morgan fingerprint density at radius 1 is 1.20 bits per heavy atom. The van der Waals surface area contributed by atoms with Gasteiger partial charge in [-0.3, -0.25) is 4.79 Å². The zero-order valence-corrected chi connectivity index (χ0v) is 15.4. The first-order chi connectivity index (χ1) is 11.8. The summed E-state index contributed by atoms with van der Waals surface area (Å²) in [6, 6.07) is 14.5. The number of aryl methyl sites for hydroxylation is 1. The monoisotopic (exact) mass is 341 g/mol. The summed E-state index contributed by atoms with van der Waals surface area (Å²) in [4.78, 5) is 11.2. The summed E-state index contributed by atoms with van der Waals surface area (Å²) < 4.78 is 5.47. The predicted molar refractivity (Wildman–Crippen MR) is 101 cm³/mol. The summed E-state index contributed by atoms with van der Waals surface area (Å²) in [5.41, 5.74) is 3.94. The van der Waals surface area contributed by atoms with Crippen molar-refractivity contribution in [3.8, 4) is 16.9 Å².